The van der Waals surface area contributed by atoms with Crippen molar-refractivity contribution in [1.29, 1.82) is 0 Å². The summed E-state index contributed by atoms with van der Waals surface area (Å²) in [5.41, 5.74) is 3.71. The van der Waals surface area contributed by atoms with Crippen LogP contribution in [0.3, 0.4) is 0 Å². The van der Waals surface area contributed by atoms with Crippen molar-refractivity contribution in [2.24, 2.45) is 0 Å². The number of nitrogens with zero attached hydrogens (tertiary/aromatic N) is 2. The molecule has 0 saturated heterocycles. The molecule has 1 aliphatic heterocycles. The highest BCUT2D eigenvalue weighted by Gasteiger charge is 2.11. The van der Waals surface area contributed by atoms with Gasteiger partial charge in [0.2, 0.25) is 0 Å². The molecule has 2 aromatic heterocycles. The zero-order chi connectivity index (χ0) is 14.2. The maximum absolute atomic E-state index is 4.40. The molecule has 0 unspecified atom stereocenters. The van der Waals surface area contributed by atoms with Crippen LogP contribution < -0.4 is 10.6 Å². The maximum atomic E-state index is 4.40. The fourth-order valence-corrected chi connectivity index (χ4v) is 3.61. The van der Waals surface area contributed by atoms with Crippen LogP contribution in [0, 0.1) is 6.92 Å². The number of nitrogens with one attached hydrogen (secondary N) is 2. The molecule has 4 nitrogen and oxygen atoms in total. The molecule has 0 fully saturated rings. The first-order chi connectivity index (χ1) is 10.3. The molecule has 106 valence electrons. The number of hydrogen-bond acceptors (Lipinski definition) is 5. The lowest BCUT2D eigenvalue weighted by molar-refractivity contribution is 0.830. The zero-order valence-electron chi connectivity index (χ0n) is 11.8. The van der Waals surface area contributed by atoms with Gasteiger partial charge in [-0.1, -0.05) is 0 Å². The van der Waals surface area contributed by atoms with Crippen molar-refractivity contribution in [3.63, 3.8) is 0 Å². The van der Waals surface area contributed by atoms with Gasteiger partial charge in [-0.05, 0) is 49.6 Å². The number of anilines is 3. The third-order valence-corrected chi connectivity index (χ3v) is 4.72. The Labute approximate surface area is 127 Å². The molecule has 0 amide bonds. The second-order valence-electron chi connectivity index (χ2n) is 5.33. The van der Waals surface area contributed by atoms with E-state index in [1.54, 1.807) is 17.7 Å². The number of benzene rings is 1. The van der Waals surface area contributed by atoms with Gasteiger partial charge in [0.1, 0.15) is 17.0 Å². The minimum absolute atomic E-state index is 0.882. The Balaban J connectivity index is 1.71. The van der Waals surface area contributed by atoms with Gasteiger partial charge in [-0.2, -0.15) is 0 Å². The predicted molar refractivity (Wildman–Crippen MR) is 88.7 cm³/mol. The van der Waals surface area contributed by atoms with Crippen LogP contribution in [0.1, 0.15) is 16.9 Å². The van der Waals surface area contributed by atoms with Crippen LogP contribution in [0.25, 0.3) is 10.2 Å². The smallest absolute Gasteiger partial charge is 0.142 e. The molecule has 3 heterocycles. The number of aromatic nitrogens is 2. The summed E-state index contributed by atoms with van der Waals surface area (Å²) in [5.74, 6) is 0.882. The Bertz CT molecular complexity index is 809. The van der Waals surface area contributed by atoms with Gasteiger partial charge in [0.25, 0.3) is 0 Å². The topological polar surface area (TPSA) is 49.8 Å². The van der Waals surface area contributed by atoms with Gasteiger partial charge in [0.15, 0.2) is 0 Å². The van der Waals surface area contributed by atoms with Crippen molar-refractivity contribution < 1.29 is 0 Å². The molecule has 0 bridgehead atoms. The highest BCUT2D eigenvalue weighted by atomic mass is 32.1. The Kier molecular flexibility index (Phi) is 3.00. The van der Waals surface area contributed by atoms with E-state index in [2.05, 4.69) is 51.8 Å². The van der Waals surface area contributed by atoms with E-state index in [9.17, 15) is 0 Å². The lowest BCUT2D eigenvalue weighted by Gasteiger charge is -2.19. The first-order valence-electron chi connectivity index (χ1n) is 7.14. The van der Waals surface area contributed by atoms with Gasteiger partial charge < -0.3 is 10.6 Å². The van der Waals surface area contributed by atoms with E-state index in [1.165, 1.54) is 22.5 Å². The average Bonchev–Trinajstić information content (AvgIpc) is 2.89. The molecular formula is C16H16N4S. The fourth-order valence-electron chi connectivity index (χ4n) is 2.77. The largest absolute Gasteiger partial charge is 0.385 e. The van der Waals surface area contributed by atoms with E-state index in [-0.39, 0.29) is 0 Å². The number of rotatable bonds is 2. The summed E-state index contributed by atoms with van der Waals surface area (Å²) in [6.07, 6.45) is 3.95. The van der Waals surface area contributed by atoms with Crippen molar-refractivity contribution in [2.45, 2.75) is 19.8 Å². The van der Waals surface area contributed by atoms with Crippen molar-refractivity contribution in [2.75, 3.05) is 17.2 Å². The molecule has 0 saturated carbocycles. The van der Waals surface area contributed by atoms with Crippen molar-refractivity contribution in [3.05, 3.63) is 41.0 Å². The summed E-state index contributed by atoms with van der Waals surface area (Å²) < 4.78 is 0. The quantitative estimate of drug-likeness (QED) is 0.747. The summed E-state index contributed by atoms with van der Waals surface area (Å²) >= 11 is 1.70. The third kappa shape index (κ3) is 2.34. The molecule has 0 radical (unpaired) electrons. The van der Waals surface area contributed by atoms with Crippen molar-refractivity contribution in [3.8, 4) is 0 Å². The van der Waals surface area contributed by atoms with Gasteiger partial charge in [0.05, 0.1) is 5.39 Å². The average molecular weight is 296 g/mol. The molecule has 0 atom stereocenters. The van der Waals surface area contributed by atoms with Gasteiger partial charge in [-0.3, -0.25) is 0 Å². The summed E-state index contributed by atoms with van der Waals surface area (Å²) in [6, 6.07) is 8.61. The Morgan fingerprint density at radius 2 is 2.19 bits per heavy atom. The predicted octanol–water partition coefficient (Wildman–Crippen LogP) is 4.10. The van der Waals surface area contributed by atoms with Crippen LogP contribution in [-0.2, 0) is 6.42 Å². The minimum atomic E-state index is 0.882. The van der Waals surface area contributed by atoms with Crippen LogP contribution in [0.4, 0.5) is 17.2 Å². The number of fused-ring (bicyclic) bond motifs is 2. The van der Waals surface area contributed by atoms with Crippen LogP contribution in [0.5, 0.6) is 0 Å². The molecule has 4 rings (SSSR count). The van der Waals surface area contributed by atoms with E-state index >= 15 is 0 Å². The van der Waals surface area contributed by atoms with Gasteiger partial charge in [-0.25, -0.2) is 9.97 Å². The zero-order valence-corrected chi connectivity index (χ0v) is 12.6. The van der Waals surface area contributed by atoms with Crippen molar-refractivity contribution >= 4 is 38.7 Å². The van der Waals surface area contributed by atoms with Crippen LogP contribution in [0.15, 0.2) is 30.6 Å². The van der Waals surface area contributed by atoms with Crippen molar-refractivity contribution in [1.82, 2.24) is 9.97 Å². The van der Waals surface area contributed by atoms with Gasteiger partial charge in [-0.15, -0.1) is 11.3 Å². The molecule has 1 aromatic carbocycles. The Morgan fingerprint density at radius 3 is 3.14 bits per heavy atom. The first-order valence-corrected chi connectivity index (χ1v) is 7.96. The van der Waals surface area contributed by atoms with Crippen LogP contribution in [0.2, 0.25) is 0 Å². The summed E-state index contributed by atoms with van der Waals surface area (Å²) in [5, 5.41) is 7.97. The van der Waals surface area contributed by atoms with E-state index in [4.69, 9.17) is 0 Å². The molecule has 0 aliphatic carbocycles. The normalized spacial score (nSPS) is 13.8. The first kappa shape index (κ1) is 12.6. The molecule has 1 aliphatic rings. The third-order valence-electron chi connectivity index (χ3n) is 3.76. The lowest BCUT2D eigenvalue weighted by Crippen LogP contribution is -2.11. The SMILES string of the molecule is Cc1cc2c(Nc3ccc4c(c3)CCCN4)ncnc2s1. The Hall–Kier alpha value is -2.14. The fraction of sp³-hybridized carbons (Fsp3) is 0.250. The number of aryl methyl sites for hydroxylation is 2. The van der Waals surface area contributed by atoms with E-state index in [0.29, 0.717) is 0 Å². The monoisotopic (exact) mass is 296 g/mol. The molecule has 2 N–H and O–H groups in total. The van der Waals surface area contributed by atoms with E-state index in [1.807, 2.05) is 0 Å². The summed E-state index contributed by atoms with van der Waals surface area (Å²) in [7, 11) is 0. The second-order valence-corrected chi connectivity index (χ2v) is 6.56. The second kappa shape index (κ2) is 5.00. The molecular weight excluding hydrogens is 280 g/mol. The minimum Gasteiger partial charge on any atom is -0.385 e. The molecule has 0 spiro atoms. The Morgan fingerprint density at radius 1 is 1.24 bits per heavy atom. The van der Waals surface area contributed by atoms with Crippen LogP contribution >= 0.6 is 11.3 Å². The molecule has 5 heteroatoms. The maximum Gasteiger partial charge on any atom is 0.142 e. The van der Waals surface area contributed by atoms with E-state index < -0.39 is 0 Å². The summed E-state index contributed by atoms with van der Waals surface area (Å²) in [4.78, 5) is 11.0. The van der Waals surface area contributed by atoms with E-state index in [0.717, 1.165) is 34.7 Å². The number of thiophene rings is 1. The lowest BCUT2D eigenvalue weighted by atomic mass is 10.0. The van der Waals surface area contributed by atoms with Crippen LogP contribution in [-0.4, -0.2) is 16.5 Å². The summed E-state index contributed by atoms with van der Waals surface area (Å²) in [6.45, 7) is 3.17. The highest BCUT2D eigenvalue weighted by Crippen LogP contribution is 2.31. The standard InChI is InChI=1S/C16H16N4S/c1-10-7-13-15(18-9-19-16(13)21-10)20-12-4-5-14-11(8-12)3-2-6-17-14/h4-5,7-9,17H,2-3,6H2,1H3,(H,18,19,20). The number of hydrogen-bond donors (Lipinski definition) is 2. The molecule has 3 aromatic rings. The van der Waals surface area contributed by atoms with Gasteiger partial charge >= 0.3 is 0 Å². The van der Waals surface area contributed by atoms with Gasteiger partial charge in [0, 0.05) is 22.8 Å². The highest BCUT2D eigenvalue weighted by molar-refractivity contribution is 7.18. The molecule has 21 heavy (non-hydrogen) atoms.